The summed E-state index contributed by atoms with van der Waals surface area (Å²) in [5.41, 5.74) is -0.214. The van der Waals surface area contributed by atoms with E-state index in [9.17, 15) is 28.8 Å². The Balaban J connectivity index is 1.86. The molecule has 1 fully saturated rings. The molecule has 2 aliphatic heterocycles. The highest BCUT2D eigenvalue weighted by Gasteiger charge is 2.56. The third-order valence-electron chi connectivity index (χ3n) is 8.33. The third-order valence-corrected chi connectivity index (χ3v) is 8.33. The summed E-state index contributed by atoms with van der Waals surface area (Å²) in [6, 6.07) is 1.22. The summed E-state index contributed by atoms with van der Waals surface area (Å²) in [7, 11) is 1.26. The fourth-order valence-electron chi connectivity index (χ4n) is 6.16. The van der Waals surface area contributed by atoms with E-state index in [0.717, 1.165) is 47.0 Å². The van der Waals surface area contributed by atoms with Crippen molar-refractivity contribution >= 4 is 35.8 Å². The van der Waals surface area contributed by atoms with Gasteiger partial charge in [0.15, 0.2) is 29.8 Å². The summed E-state index contributed by atoms with van der Waals surface area (Å²) in [6.45, 7) is 6.28. The fourth-order valence-corrected chi connectivity index (χ4v) is 6.16. The van der Waals surface area contributed by atoms with Crippen LogP contribution < -0.4 is 14.2 Å². The van der Waals surface area contributed by atoms with E-state index in [-0.39, 0.29) is 34.8 Å². The van der Waals surface area contributed by atoms with Gasteiger partial charge in [0, 0.05) is 39.7 Å². The number of hydrogen-bond acceptors (Lipinski definition) is 14. The number of hydrogen-bond donors (Lipinski definition) is 0. The van der Waals surface area contributed by atoms with E-state index in [4.69, 9.17) is 37.9 Å². The van der Waals surface area contributed by atoms with Gasteiger partial charge in [0.2, 0.25) is 5.75 Å². The van der Waals surface area contributed by atoms with Crippen molar-refractivity contribution in [2.45, 2.75) is 142 Å². The zero-order valence-electron chi connectivity index (χ0n) is 29.9. The maximum Gasteiger partial charge on any atom is 0.339 e. The van der Waals surface area contributed by atoms with Crippen molar-refractivity contribution in [3.8, 4) is 17.2 Å². The zero-order chi connectivity index (χ0) is 36.8. The van der Waals surface area contributed by atoms with Gasteiger partial charge in [-0.05, 0) is 12.5 Å². The molecular formula is C36H50O14. The normalized spacial score (nSPS) is 20.8. The van der Waals surface area contributed by atoms with Crippen molar-refractivity contribution in [2.24, 2.45) is 0 Å². The summed E-state index contributed by atoms with van der Waals surface area (Å²) < 4.78 is 44.7. The Morgan fingerprint density at radius 1 is 0.720 bits per heavy atom. The average molecular weight is 707 g/mol. The minimum atomic E-state index is -1.42. The first kappa shape index (κ1) is 40.2. The molecule has 0 bridgehead atoms. The number of unbranched alkanes of at least 4 members (excludes halogenated alkanes) is 10. The molecule has 0 unspecified atom stereocenters. The van der Waals surface area contributed by atoms with Gasteiger partial charge >= 0.3 is 35.8 Å². The highest BCUT2D eigenvalue weighted by molar-refractivity contribution is 5.96. The van der Waals surface area contributed by atoms with Crippen LogP contribution in [0.5, 0.6) is 17.2 Å². The largest absolute Gasteiger partial charge is 0.490 e. The van der Waals surface area contributed by atoms with E-state index in [1.165, 1.54) is 58.1 Å². The molecule has 5 atom stereocenters. The van der Waals surface area contributed by atoms with E-state index >= 15 is 0 Å². The smallest absolute Gasteiger partial charge is 0.339 e. The van der Waals surface area contributed by atoms with Gasteiger partial charge in [-0.1, -0.05) is 71.1 Å². The van der Waals surface area contributed by atoms with Crippen LogP contribution in [0.4, 0.5) is 0 Å². The molecule has 50 heavy (non-hydrogen) atoms. The SMILES string of the molecule is CCCCCCCCCCCCCC(=O)Oc1cc2c(c(OC(C)=O)c1OC)[C@@H]1O[C@H](COC(C)=O)[C@@H](OC(C)=O)[C@H](OC(C)=O)[C@H]1OC2=O. The van der Waals surface area contributed by atoms with E-state index in [1.54, 1.807) is 0 Å². The molecule has 0 radical (unpaired) electrons. The topological polar surface area (TPSA) is 176 Å². The summed E-state index contributed by atoms with van der Waals surface area (Å²) in [5.74, 6) is -5.22. The van der Waals surface area contributed by atoms with Gasteiger partial charge in [-0.25, -0.2) is 4.79 Å². The highest BCUT2D eigenvalue weighted by atomic mass is 16.7. The quantitative estimate of drug-likeness (QED) is 0.0748. The van der Waals surface area contributed by atoms with Gasteiger partial charge in [0.1, 0.15) is 18.8 Å². The molecule has 14 nitrogen and oxygen atoms in total. The molecule has 1 aromatic carbocycles. The zero-order valence-corrected chi connectivity index (χ0v) is 29.9. The molecule has 0 spiro atoms. The lowest BCUT2D eigenvalue weighted by Gasteiger charge is -2.46. The Bertz CT molecular complexity index is 1370. The number of esters is 6. The van der Waals surface area contributed by atoms with Crippen LogP contribution >= 0.6 is 0 Å². The van der Waals surface area contributed by atoms with Gasteiger partial charge in [0.25, 0.3) is 0 Å². The summed E-state index contributed by atoms with van der Waals surface area (Å²) in [6.07, 6.45) is 5.65. The molecule has 2 heterocycles. The van der Waals surface area contributed by atoms with Crippen LogP contribution in [0.25, 0.3) is 0 Å². The lowest BCUT2D eigenvalue weighted by atomic mass is 9.85. The van der Waals surface area contributed by atoms with Crippen molar-refractivity contribution in [1.29, 1.82) is 0 Å². The minimum absolute atomic E-state index is 0.0327. The van der Waals surface area contributed by atoms with Crippen LogP contribution in [0.2, 0.25) is 0 Å². The fraction of sp³-hybridized carbons (Fsp3) is 0.667. The van der Waals surface area contributed by atoms with Crippen molar-refractivity contribution in [2.75, 3.05) is 13.7 Å². The number of methoxy groups -OCH3 is 1. The molecule has 0 N–H and O–H groups in total. The molecule has 1 saturated heterocycles. The number of fused-ring (bicyclic) bond motifs is 3. The van der Waals surface area contributed by atoms with Crippen LogP contribution in [0.1, 0.15) is 134 Å². The average Bonchev–Trinajstić information content (AvgIpc) is 3.03. The monoisotopic (exact) mass is 706 g/mol. The Morgan fingerprint density at radius 3 is 1.84 bits per heavy atom. The molecule has 0 saturated carbocycles. The molecular weight excluding hydrogens is 656 g/mol. The first-order valence-corrected chi connectivity index (χ1v) is 17.4. The lowest BCUT2D eigenvalue weighted by molar-refractivity contribution is -0.251. The van der Waals surface area contributed by atoms with Crippen molar-refractivity contribution in [1.82, 2.24) is 0 Å². The number of ether oxygens (including phenoxy) is 8. The molecule has 0 amide bonds. The highest BCUT2D eigenvalue weighted by Crippen LogP contribution is 2.51. The second-order valence-electron chi connectivity index (χ2n) is 12.5. The summed E-state index contributed by atoms with van der Waals surface area (Å²) in [4.78, 5) is 74.8. The second-order valence-corrected chi connectivity index (χ2v) is 12.5. The number of carbonyl (C=O) groups excluding carboxylic acids is 6. The third kappa shape index (κ3) is 11.4. The first-order valence-electron chi connectivity index (χ1n) is 17.4. The van der Waals surface area contributed by atoms with Crippen LogP contribution in [0, 0.1) is 0 Å². The maximum absolute atomic E-state index is 13.5. The predicted molar refractivity (Wildman–Crippen MR) is 176 cm³/mol. The standard InChI is InChI=1S/C36H50O14/c1-7-8-9-10-11-12-13-14-15-16-17-18-28(41)48-26-19-25-29(32(30(26)43-6)46-23(4)39)33-35(50-36(25)42)34(47-24(5)40)31(45-22(3)38)27(49-33)20-44-21(2)37/h19,27,31,33-35H,7-18,20H2,1-6H3/t27-,31-,33+,34+,35+/m1/s1. The van der Waals surface area contributed by atoms with Crippen molar-refractivity contribution in [3.05, 3.63) is 17.2 Å². The molecule has 2 aliphatic rings. The van der Waals surface area contributed by atoms with Crippen LogP contribution in [-0.2, 0) is 47.7 Å². The predicted octanol–water partition coefficient (Wildman–Crippen LogP) is 5.63. The molecule has 0 aromatic heterocycles. The Labute approximate surface area is 292 Å². The lowest BCUT2D eigenvalue weighted by Crippen LogP contribution is -2.60. The number of rotatable bonds is 19. The Morgan fingerprint density at radius 2 is 1.30 bits per heavy atom. The number of carbonyl (C=O) groups is 6. The number of benzene rings is 1. The Hall–Kier alpha value is -4.20. The molecule has 0 aliphatic carbocycles. The van der Waals surface area contributed by atoms with Crippen LogP contribution in [0.15, 0.2) is 6.07 Å². The van der Waals surface area contributed by atoms with Crippen molar-refractivity contribution in [3.63, 3.8) is 0 Å². The van der Waals surface area contributed by atoms with E-state index in [0.29, 0.717) is 6.42 Å². The van der Waals surface area contributed by atoms with Crippen LogP contribution in [0.3, 0.4) is 0 Å². The van der Waals surface area contributed by atoms with Gasteiger partial charge in [-0.15, -0.1) is 0 Å². The van der Waals surface area contributed by atoms with Gasteiger partial charge in [-0.3, -0.25) is 24.0 Å². The second kappa shape index (κ2) is 19.9. The van der Waals surface area contributed by atoms with E-state index < -0.39 is 72.9 Å². The van der Waals surface area contributed by atoms with Crippen LogP contribution in [-0.4, -0.2) is 73.9 Å². The Kier molecular flexibility index (Phi) is 16.0. The molecule has 3 rings (SSSR count). The van der Waals surface area contributed by atoms with E-state index in [1.807, 2.05) is 0 Å². The molecule has 1 aromatic rings. The summed E-state index contributed by atoms with van der Waals surface area (Å²) in [5, 5.41) is 0. The van der Waals surface area contributed by atoms with Gasteiger partial charge in [0.05, 0.1) is 12.7 Å². The van der Waals surface area contributed by atoms with Gasteiger partial charge in [-0.2, -0.15) is 0 Å². The van der Waals surface area contributed by atoms with E-state index in [2.05, 4.69) is 6.92 Å². The summed E-state index contributed by atoms with van der Waals surface area (Å²) >= 11 is 0. The molecule has 14 heteroatoms. The first-order chi connectivity index (χ1) is 23.9. The maximum atomic E-state index is 13.5. The minimum Gasteiger partial charge on any atom is -0.490 e. The van der Waals surface area contributed by atoms with Crippen molar-refractivity contribution < 1.29 is 66.7 Å². The molecule has 278 valence electrons. The van der Waals surface area contributed by atoms with Gasteiger partial charge < -0.3 is 37.9 Å².